The van der Waals surface area contributed by atoms with Gasteiger partial charge in [-0.1, -0.05) is 23.7 Å². The second-order valence-electron chi connectivity index (χ2n) is 6.56. The highest BCUT2D eigenvalue weighted by atomic mass is 35.5. The zero-order valence-electron chi connectivity index (χ0n) is 15.2. The highest BCUT2D eigenvalue weighted by Gasteiger charge is 2.25. The maximum Gasteiger partial charge on any atom is 0.313 e. The van der Waals surface area contributed by atoms with Crippen LogP contribution in [0.3, 0.4) is 0 Å². The Labute approximate surface area is 168 Å². The van der Waals surface area contributed by atoms with Crippen LogP contribution in [-0.4, -0.2) is 61.4 Å². The number of likely N-dealkylation sites (N-methyl/N-ethyl adjacent to an activating group) is 1. The first-order valence-electron chi connectivity index (χ1n) is 8.83. The number of benzene rings is 1. The van der Waals surface area contributed by atoms with Gasteiger partial charge in [0.05, 0.1) is 16.8 Å². The summed E-state index contributed by atoms with van der Waals surface area (Å²) in [5.41, 5.74) is 1.59. The van der Waals surface area contributed by atoms with Gasteiger partial charge in [-0.3, -0.25) is 14.5 Å². The van der Waals surface area contributed by atoms with Gasteiger partial charge in [0.15, 0.2) is 0 Å². The molecule has 1 aliphatic rings. The van der Waals surface area contributed by atoms with Gasteiger partial charge in [-0.2, -0.15) is 11.3 Å². The van der Waals surface area contributed by atoms with Crippen molar-refractivity contribution in [1.82, 2.24) is 15.1 Å². The fourth-order valence-corrected chi connectivity index (χ4v) is 3.96. The molecule has 0 spiro atoms. The average Bonchev–Trinajstić information content (AvgIpc) is 3.19. The number of halogens is 1. The molecule has 2 amide bonds. The zero-order chi connectivity index (χ0) is 19.2. The number of para-hydroxylation sites is 1. The summed E-state index contributed by atoms with van der Waals surface area (Å²) < 4.78 is 0. The van der Waals surface area contributed by atoms with E-state index in [1.807, 2.05) is 5.38 Å². The summed E-state index contributed by atoms with van der Waals surface area (Å²) in [6, 6.07) is 8.96. The molecule has 2 heterocycles. The van der Waals surface area contributed by atoms with Gasteiger partial charge >= 0.3 is 11.8 Å². The van der Waals surface area contributed by atoms with E-state index >= 15 is 0 Å². The van der Waals surface area contributed by atoms with Gasteiger partial charge in [0, 0.05) is 32.7 Å². The fourth-order valence-electron chi connectivity index (χ4n) is 3.07. The van der Waals surface area contributed by atoms with Gasteiger partial charge in [-0.25, -0.2) is 0 Å². The highest BCUT2D eigenvalue weighted by molar-refractivity contribution is 7.08. The normalized spacial score (nSPS) is 16.7. The molecule has 8 heteroatoms. The van der Waals surface area contributed by atoms with Crippen LogP contribution < -0.4 is 10.6 Å². The summed E-state index contributed by atoms with van der Waals surface area (Å²) >= 11 is 7.66. The molecule has 2 aromatic rings. The Bertz CT molecular complexity index is 776. The Hall–Kier alpha value is -1.93. The maximum atomic E-state index is 12.3. The molecule has 6 nitrogen and oxygen atoms in total. The summed E-state index contributed by atoms with van der Waals surface area (Å²) in [4.78, 5) is 29.1. The fraction of sp³-hybridized carbons (Fsp3) is 0.368. The minimum absolute atomic E-state index is 0.0574. The molecule has 0 radical (unpaired) electrons. The summed E-state index contributed by atoms with van der Waals surface area (Å²) in [5, 5.41) is 9.85. The molecule has 3 rings (SSSR count). The maximum absolute atomic E-state index is 12.3. The van der Waals surface area contributed by atoms with Gasteiger partial charge in [-0.05, 0) is 41.6 Å². The van der Waals surface area contributed by atoms with Crippen molar-refractivity contribution >= 4 is 40.4 Å². The van der Waals surface area contributed by atoms with E-state index in [1.165, 1.54) is 0 Å². The largest absolute Gasteiger partial charge is 0.346 e. The molecule has 1 aromatic heterocycles. The number of nitrogens with zero attached hydrogens (tertiary/aromatic N) is 2. The van der Waals surface area contributed by atoms with E-state index in [2.05, 4.69) is 38.9 Å². The standard InChI is InChI=1S/C19H23ClN4O2S/c1-23-7-9-24(10-8-23)17(14-6-11-27-13-14)12-21-18(25)19(26)22-16-5-3-2-4-15(16)20/h2-6,11,13,17H,7-10,12H2,1H3,(H,21,25)(H,22,26)/t17-/m1/s1. The Balaban J connectivity index is 1.60. The number of amides is 2. The number of rotatable bonds is 5. The molecular weight excluding hydrogens is 384 g/mol. The topological polar surface area (TPSA) is 64.7 Å². The molecular formula is C19H23ClN4O2S. The Kier molecular flexibility index (Phi) is 6.84. The summed E-state index contributed by atoms with van der Waals surface area (Å²) in [7, 11) is 2.11. The molecule has 2 N–H and O–H groups in total. The minimum atomic E-state index is -0.717. The van der Waals surface area contributed by atoms with Crippen LogP contribution in [0.5, 0.6) is 0 Å². The predicted molar refractivity (Wildman–Crippen MR) is 109 cm³/mol. The first-order chi connectivity index (χ1) is 13.0. The van der Waals surface area contributed by atoms with Crippen molar-refractivity contribution in [2.45, 2.75) is 6.04 Å². The first kappa shape index (κ1) is 19.8. The van der Waals surface area contributed by atoms with E-state index in [9.17, 15) is 9.59 Å². The van der Waals surface area contributed by atoms with Crippen molar-refractivity contribution in [3.05, 3.63) is 51.7 Å². The molecule has 1 saturated heterocycles. The Morgan fingerprint density at radius 1 is 1.15 bits per heavy atom. The summed E-state index contributed by atoms with van der Waals surface area (Å²) in [6.45, 7) is 4.22. The van der Waals surface area contributed by atoms with Crippen LogP contribution in [0.4, 0.5) is 5.69 Å². The van der Waals surface area contributed by atoms with Gasteiger partial charge in [0.2, 0.25) is 0 Å². The lowest BCUT2D eigenvalue weighted by Gasteiger charge is -2.37. The smallest absolute Gasteiger partial charge is 0.313 e. The third-order valence-corrected chi connectivity index (χ3v) is 5.72. The lowest BCUT2D eigenvalue weighted by molar-refractivity contribution is -0.136. The van der Waals surface area contributed by atoms with E-state index < -0.39 is 11.8 Å². The Morgan fingerprint density at radius 3 is 2.56 bits per heavy atom. The molecule has 1 aliphatic heterocycles. The molecule has 1 fully saturated rings. The van der Waals surface area contributed by atoms with Gasteiger partial charge in [0.25, 0.3) is 0 Å². The molecule has 27 heavy (non-hydrogen) atoms. The van der Waals surface area contributed by atoms with Gasteiger partial charge in [-0.15, -0.1) is 0 Å². The third kappa shape index (κ3) is 5.29. The second kappa shape index (κ2) is 9.32. The molecule has 1 aromatic carbocycles. The average molecular weight is 407 g/mol. The number of carbonyl (C=O) groups is 2. The van der Waals surface area contributed by atoms with Crippen LogP contribution in [0.1, 0.15) is 11.6 Å². The van der Waals surface area contributed by atoms with Crippen molar-refractivity contribution in [3.8, 4) is 0 Å². The molecule has 0 unspecified atom stereocenters. The van der Waals surface area contributed by atoms with Gasteiger partial charge < -0.3 is 15.5 Å². The number of hydrogen-bond donors (Lipinski definition) is 2. The van der Waals surface area contributed by atoms with E-state index in [0.29, 0.717) is 17.3 Å². The third-order valence-electron chi connectivity index (χ3n) is 4.69. The van der Waals surface area contributed by atoms with Crippen LogP contribution >= 0.6 is 22.9 Å². The lowest BCUT2D eigenvalue weighted by Crippen LogP contribution is -2.49. The molecule has 0 saturated carbocycles. The van der Waals surface area contributed by atoms with Crippen molar-refractivity contribution in [2.24, 2.45) is 0 Å². The Morgan fingerprint density at radius 2 is 1.89 bits per heavy atom. The number of thiophene rings is 1. The van der Waals surface area contributed by atoms with E-state index in [4.69, 9.17) is 11.6 Å². The highest BCUT2D eigenvalue weighted by Crippen LogP contribution is 2.24. The molecule has 0 aliphatic carbocycles. The number of piperazine rings is 1. The number of hydrogen-bond acceptors (Lipinski definition) is 5. The van der Waals surface area contributed by atoms with Crippen molar-refractivity contribution in [3.63, 3.8) is 0 Å². The molecule has 0 bridgehead atoms. The second-order valence-corrected chi connectivity index (χ2v) is 7.74. The van der Waals surface area contributed by atoms with Crippen LogP contribution in [0.2, 0.25) is 5.02 Å². The zero-order valence-corrected chi connectivity index (χ0v) is 16.7. The van der Waals surface area contributed by atoms with E-state index in [-0.39, 0.29) is 6.04 Å². The number of carbonyl (C=O) groups excluding carboxylic acids is 2. The number of anilines is 1. The quantitative estimate of drug-likeness (QED) is 0.748. The van der Waals surface area contributed by atoms with E-state index in [0.717, 1.165) is 31.7 Å². The minimum Gasteiger partial charge on any atom is -0.346 e. The SMILES string of the molecule is CN1CCN([C@H](CNC(=O)C(=O)Nc2ccccc2Cl)c2ccsc2)CC1. The number of nitrogens with one attached hydrogen (secondary N) is 2. The monoisotopic (exact) mass is 406 g/mol. The molecule has 144 valence electrons. The van der Waals surface area contributed by atoms with Crippen molar-refractivity contribution in [1.29, 1.82) is 0 Å². The summed E-state index contributed by atoms with van der Waals surface area (Å²) in [5.74, 6) is -1.38. The van der Waals surface area contributed by atoms with E-state index in [1.54, 1.807) is 35.6 Å². The lowest BCUT2D eigenvalue weighted by atomic mass is 10.1. The van der Waals surface area contributed by atoms with Gasteiger partial charge in [0.1, 0.15) is 0 Å². The molecule has 1 atom stereocenters. The van der Waals surface area contributed by atoms with Crippen molar-refractivity contribution in [2.75, 3.05) is 45.1 Å². The first-order valence-corrected chi connectivity index (χ1v) is 10.1. The van der Waals surface area contributed by atoms with Crippen LogP contribution in [0, 0.1) is 0 Å². The van der Waals surface area contributed by atoms with Crippen LogP contribution in [-0.2, 0) is 9.59 Å². The van der Waals surface area contributed by atoms with Crippen LogP contribution in [0.25, 0.3) is 0 Å². The predicted octanol–water partition coefficient (Wildman–Crippen LogP) is 2.44. The summed E-state index contributed by atoms with van der Waals surface area (Å²) in [6.07, 6.45) is 0. The van der Waals surface area contributed by atoms with Crippen molar-refractivity contribution < 1.29 is 9.59 Å². The van der Waals surface area contributed by atoms with Crippen LogP contribution in [0.15, 0.2) is 41.1 Å².